The van der Waals surface area contributed by atoms with Crippen molar-refractivity contribution in [2.75, 3.05) is 5.32 Å². The highest BCUT2D eigenvalue weighted by Crippen LogP contribution is 2.30. The minimum absolute atomic E-state index is 0.0326. The van der Waals surface area contributed by atoms with Crippen molar-refractivity contribution >= 4 is 5.82 Å². The van der Waals surface area contributed by atoms with Gasteiger partial charge in [0.1, 0.15) is 30.2 Å². The fourth-order valence-corrected chi connectivity index (χ4v) is 3.02. The Bertz CT molecular complexity index is 745. The van der Waals surface area contributed by atoms with Crippen molar-refractivity contribution in [1.29, 1.82) is 0 Å². The van der Waals surface area contributed by atoms with Crippen LogP contribution in [0.15, 0.2) is 24.3 Å². The Morgan fingerprint density at radius 2 is 2.00 bits per heavy atom. The summed E-state index contributed by atoms with van der Waals surface area (Å²) in [6.07, 6.45) is 0.785. The maximum absolute atomic E-state index is 5.93. The molecule has 2 aromatic rings. The average Bonchev–Trinajstić information content (AvgIpc) is 3.04. The first-order valence-corrected chi connectivity index (χ1v) is 8.05. The SMILES string of the molecule is Cc1nc2c(c(NC(C)C3NNNN3)n1)Cc1ccccc1OC2. The summed E-state index contributed by atoms with van der Waals surface area (Å²) < 4.78 is 5.93. The molecule has 0 amide bonds. The molecule has 0 aliphatic carbocycles. The topological polar surface area (TPSA) is 95.2 Å². The highest BCUT2D eigenvalue weighted by molar-refractivity contribution is 5.52. The minimum Gasteiger partial charge on any atom is -0.487 e. The van der Waals surface area contributed by atoms with Crippen molar-refractivity contribution in [3.05, 3.63) is 46.9 Å². The van der Waals surface area contributed by atoms with Gasteiger partial charge in [-0.2, -0.15) is 11.1 Å². The van der Waals surface area contributed by atoms with E-state index in [1.807, 2.05) is 25.1 Å². The van der Waals surface area contributed by atoms with E-state index in [0.29, 0.717) is 6.61 Å². The molecule has 5 N–H and O–H groups in total. The predicted molar refractivity (Wildman–Crippen MR) is 89.8 cm³/mol. The number of hydrazine groups is 3. The highest BCUT2D eigenvalue weighted by atomic mass is 16.5. The number of benzene rings is 1. The van der Waals surface area contributed by atoms with Crippen molar-refractivity contribution < 1.29 is 4.74 Å². The van der Waals surface area contributed by atoms with E-state index in [-0.39, 0.29) is 12.2 Å². The van der Waals surface area contributed by atoms with Gasteiger partial charge >= 0.3 is 0 Å². The highest BCUT2D eigenvalue weighted by Gasteiger charge is 2.24. The maximum Gasteiger partial charge on any atom is 0.133 e. The largest absolute Gasteiger partial charge is 0.487 e. The number of rotatable bonds is 3. The number of aromatic nitrogens is 2. The van der Waals surface area contributed by atoms with E-state index in [4.69, 9.17) is 4.74 Å². The molecule has 126 valence electrons. The van der Waals surface area contributed by atoms with Crippen LogP contribution in [0.1, 0.15) is 29.6 Å². The van der Waals surface area contributed by atoms with Gasteiger partial charge in [0.2, 0.25) is 0 Å². The summed E-state index contributed by atoms with van der Waals surface area (Å²) >= 11 is 0. The van der Waals surface area contributed by atoms with Crippen molar-refractivity contribution in [2.45, 2.75) is 39.1 Å². The standard InChI is InChI=1S/C16H21N7O/c1-9(15-20-22-23-21-15)17-16-12-7-11-5-3-4-6-14(11)24-8-13(12)18-10(2)19-16/h3-6,9,15,20-23H,7-8H2,1-2H3,(H,17,18,19). The van der Waals surface area contributed by atoms with E-state index >= 15 is 0 Å². The number of para-hydroxylation sites is 1. The Balaban J connectivity index is 1.67. The Kier molecular flexibility index (Phi) is 4.03. The molecule has 24 heavy (non-hydrogen) atoms. The molecule has 1 fully saturated rings. The van der Waals surface area contributed by atoms with E-state index in [1.54, 1.807) is 0 Å². The first kappa shape index (κ1) is 15.3. The number of ether oxygens (including phenoxy) is 1. The van der Waals surface area contributed by atoms with Crippen molar-refractivity contribution in [2.24, 2.45) is 0 Å². The lowest BCUT2D eigenvalue weighted by Crippen LogP contribution is -2.47. The van der Waals surface area contributed by atoms with Gasteiger partial charge in [0.05, 0.1) is 11.7 Å². The molecule has 3 heterocycles. The number of hydrogen-bond donors (Lipinski definition) is 5. The van der Waals surface area contributed by atoms with Gasteiger partial charge in [0, 0.05) is 12.0 Å². The third-order valence-corrected chi connectivity index (χ3v) is 4.29. The maximum atomic E-state index is 5.93. The normalized spacial score (nSPS) is 18.2. The van der Waals surface area contributed by atoms with Gasteiger partial charge < -0.3 is 10.1 Å². The molecule has 1 unspecified atom stereocenters. The van der Waals surface area contributed by atoms with Crippen LogP contribution in [0.2, 0.25) is 0 Å². The van der Waals surface area contributed by atoms with Gasteiger partial charge in [0.15, 0.2) is 0 Å². The zero-order valence-corrected chi connectivity index (χ0v) is 13.7. The average molecular weight is 327 g/mol. The first-order valence-electron chi connectivity index (χ1n) is 8.05. The summed E-state index contributed by atoms with van der Waals surface area (Å²) in [5.74, 6) is 2.52. The van der Waals surface area contributed by atoms with Gasteiger partial charge in [-0.25, -0.2) is 20.8 Å². The molecule has 2 aliphatic heterocycles. The monoisotopic (exact) mass is 327 g/mol. The third kappa shape index (κ3) is 2.92. The van der Waals surface area contributed by atoms with Crippen LogP contribution >= 0.6 is 0 Å². The van der Waals surface area contributed by atoms with E-state index < -0.39 is 0 Å². The zero-order valence-electron chi connectivity index (χ0n) is 13.7. The molecule has 1 saturated heterocycles. The molecule has 0 bridgehead atoms. The van der Waals surface area contributed by atoms with Crippen LogP contribution in [0.5, 0.6) is 5.75 Å². The van der Waals surface area contributed by atoms with Crippen LogP contribution in [0, 0.1) is 6.92 Å². The van der Waals surface area contributed by atoms with E-state index in [1.165, 1.54) is 0 Å². The predicted octanol–water partition coefficient (Wildman–Crippen LogP) is 0.512. The number of nitrogens with one attached hydrogen (secondary N) is 5. The number of nitrogens with zero attached hydrogens (tertiary/aromatic N) is 2. The smallest absolute Gasteiger partial charge is 0.133 e. The van der Waals surface area contributed by atoms with E-state index in [2.05, 4.69) is 50.2 Å². The van der Waals surface area contributed by atoms with E-state index in [0.717, 1.165) is 40.6 Å². The zero-order chi connectivity index (χ0) is 16.5. The molecule has 4 rings (SSSR count). The van der Waals surface area contributed by atoms with Gasteiger partial charge in [-0.15, -0.1) is 0 Å². The lowest BCUT2D eigenvalue weighted by molar-refractivity contribution is 0.302. The van der Waals surface area contributed by atoms with Crippen molar-refractivity contribution in [1.82, 2.24) is 31.9 Å². The van der Waals surface area contributed by atoms with Crippen LogP contribution in [-0.4, -0.2) is 22.2 Å². The van der Waals surface area contributed by atoms with Crippen LogP contribution in [0.25, 0.3) is 0 Å². The molecule has 8 nitrogen and oxygen atoms in total. The molecule has 2 aliphatic rings. The Labute approximate surface area is 140 Å². The van der Waals surface area contributed by atoms with Crippen molar-refractivity contribution in [3.63, 3.8) is 0 Å². The first-order chi connectivity index (χ1) is 11.7. The molecule has 0 radical (unpaired) electrons. The Morgan fingerprint density at radius 3 is 2.83 bits per heavy atom. The van der Waals surface area contributed by atoms with Gasteiger partial charge in [-0.05, 0) is 25.5 Å². The lowest BCUT2D eigenvalue weighted by atomic mass is 10.0. The molecule has 0 spiro atoms. The second-order valence-corrected chi connectivity index (χ2v) is 6.07. The lowest BCUT2D eigenvalue weighted by Gasteiger charge is -2.22. The summed E-state index contributed by atoms with van der Waals surface area (Å²) in [5.41, 5.74) is 15.0. The molecule has 1 atom stereocenters. The number of aryl methyl sites for hydroxylation is 1. The number of fused-ring (bicyclic) bond motifs is 2. The second kappa shape index (κ2) is 6.33. The molecule has 1 aromatic heterocycles. The Hall–Kier alpha value is -2.26. The molecule has 8 heteroatoms. The van der Waals surface area contributed by atoms with E-state index in [9.17, 15) is 0 Å². The fourth-order valence-electron chi connectivity index (χ4n) is 3.02. The summed E-state index contributed by atoms with van der Waals surface area (Å²) in [7, 11) is 0. The van der Waals surface area contributed by atoms with Gasteiger partial charge in [0.25, 0.3) is 0 Å². The quantitative estimate of drug-likeness (QED) is 0.557. The van der Waals surface area contributed by atoms with Crippen LogP contribution < -0.4 is 32.0 Å². The van der Waals surface area contributed by atoms with Crippen LogP contribution in [0.3, 0.4) is 0 Å². The summed E-state index contributed by atoms with van der Waals surface area (Å²) in [6, 6.07) is 8.21. The summed E-state index contributed by atoms with van der Waals surface area (Å²) in [6.45, 7) is 4.45. The molecular formula is C16H21N7O. The number of anilines is 1. The third-order valence-electron chi connectivity index (χ3n) is 4.29. The summed E-state index contributed by atoms with van der Waals surface area (Å²) in [4.78, 5) is 9.23. The number of hydrogen-bond acceptors (Lipinski definition) is 8. The molecular weight excluding hydrogens is 306 g/mol. The molecule has 0 saturated carbocycles. The van der Waals surface area contributed by atoms with Crippen LogP contribution in [0.4, 0.5) is 5.82 Å². The second-order valence-electron chi connectivity index (χ2n) is 6.07. The van der Waals surface area contributed by atoms with Crippen molar-refractivity contribution in [3.8, 4) is 5.75 Å². The molecule has 1 aromatic carbocycles. The fraction of sp³-hybridized carbons (Fsp3) is 0.375. The van der Waals surface area contributed by atoms with Crippen LogP contribution in [-0.2, 0) is 13.0 Å². The minimum atomic E-state index is 0.0326. The van der Waals surface area contributed by atoms with Gasteiger partial charge in [-0.3, -0.25) is 0 Å². The Morgan fingerprint density at radius 1 is 1.21 bits per heavy atom. The summed E-state index contributed by atoms with van der Waals surface area (Å²) in [5, 5.41) is 3.50. The van der Waals surface area contributed by atoms with Gasteiger partial charge in [-0.1, -0.05) is 18.2 Å².